The zero-order chi connectivity index (χ0) is 14.1. The Morgan fingerprint density at radius 1 is 1.55 bits per heavy atom. The van der Waals surface area contributed by atoms with Gasteiger partial charge in [-0.05, 0) is 6.07 Å². The largest absolute Gasteiger partial charge is 0.350 e. The quantitative estimate of drug-likeness (QED) is 0.929. The summed E-state index contributed by atoms with van der Waals surface area (Å²) in [7, 11) is 0. The number of pyridine rings is 1. The van der Waals surface area contributed by atoms with Gasteiger partial charge in [-0.25, -0.2) is 13.8 Å². The molecule has 106 valence electrons. The molecule has 20 heavy (non-hydrogen) atoms. The molecule has 0 spiro atoms. The number of fused-ring (bicyclic) bond motifs is 1. The second kappa shape index (κ2) is 5.28. The monoisotopic (exact) mass is 298 g/mol. The number of nitrogens with one attached hydrogen (secondary N) is 1. The normalized spacial score (nSPS) is 15.7. The molecular weight excluding hydrogens is 286 g/mol. The van der Waals surface area contributed by atoms with Gasteiger partial charge >= 0.3 is 0 Å². The molecule has 0 aliphatic carbocycles. The molecule has 2 aromatic rings. The molecule has 0 bridgehead atoms. The third-order valence-electron chi connectivity index (χ3n) is 3.13. The van der Waals surface area contributed by atoms with Crippen LogP contribution in [-0.2, 0) is 4.79 Å². The minimum Gasteiger partial charge on any atom is -0.350 e. The van der Waals surface area contributed by atoms with E-state index in [1.165, 1.54) is 11.3 Å². The first-order valence-corrected chi connectivity index (χ1v) is 6.96. The van der Waals surface area contributed by atoms with Crippen LogP contribution in [0.5, 0.6) is 0 Å². The SMILES string of the molecule is O=C(NCC(F)F)C1CN(c2nc3cnccc3s2)C1. The third-order valence-corrected chi connectivity index (χ3v) is 4.23. The Morgan fingerprint density at radius 3 is 3.05 bits per heavy atom. The minimum atomic E-state index is -2.51. The molecule has 1 aliphatic rings. The van der Waals surface area contributed by atoms with Crippen molar-refractivity contribution in [2.75, 3.05) is 24.5 Å². The molecule has 1 N–H and O–H groups in total. The van der Waals surface area contributed by atoms with Crippen molar-refractivity contribution in [3.05, 3.63) is 18.5 Å². The van der Waals surface area contributed by atoms with Crippen LogP contribution in [0.15, 0.2) is 18.5 Å². The van der Waals surface area contributed by atoms with Crippen molar-refractivity contribution < 1.29 is 13.6 Å². The Labute approximate surface area is 117 Å². The predicted molar refractivity (Wildman–Crippen MR) is 72.1 cm³/mol. The summed E-state index contributed by atoms with van der Waals surface area (Å²) in [5.41, 5.74) is 0.832. The number of rotatable bonds is 4. The zero-order valence-corrected chi connectivity index (χ0v) is 11.2. The van der Waals surface area contributed by atoms with Crippen molar-refractivity contribution in [3.63, 3.8) is 0 Å². The number of aromatic nitrogens is 2. The van der Waals surface area contributed by atoms with E-state index < -0.39 is 13.0 Å². The van der Waals surface area contributed by atoms with Crippen LogP contribution in [0.4, 0.5) is 13.9 Å². The highest BCUT2D eigenvalue weighted by Crippen LogP contribution is 2.32. The van der Waals surface area contributed by atoms with Crippen molar-refractivity contribution in [2.24, 2.45) is 5.92 Å². The summed E-state index contributed by atoms with van der Waals surface area (Å²) in [5, 5.41) is 3.08. The van der Waals surface area contributed by atoms with E-state index in [1.54, 1.807) is 12.4 Å². The van der Waals surface area contributed by atoms with Crippen molar-refractivity contribution in [2.45, 2.75) is 6.43 Å². The van der Waals surface area contributed by atoms with E-state index in [1.807, 2.05) is 11.0 Å². The molecular formula is C12H12F2N4OS. The number of anilines is 1. The third kappa shape index (κ3) is 2.55. The summed E-state index contributed by atoms with van der Waals surface area (Å²) < 4.78 is 25.0. The van der Waals surface area contributed by atoms with E-state index in [0.717, 1.165) is 15.3 Å². The number of alkyl halides is 2. The van der Waals surface area contributed by atoms with Crippen molar-refractivity contribution in [1.29, 1.82) is 0 Å². The number of halogens is 2. The molecule has 0 radical (unpaired) electrons. The first-order chi connectivity index (χ1) is 9.63. The molecule has 3 heterocycles. The second-order valence-corrected chi connectivity index (χ2v) is 5.59. The van der Waals surface area contributed by atoms with Crippen LogP contribution in [0.25, 0.3) is 10.2 Å². The molecule has 0 atom stereocenters. The Hall–Kier alpha value is -1.83. The van der Waals surface area contributed by atoms with Gasteiger partial charge in [-0.15, -0.1) is 0 Å². The van der Waals surface area contributed by atoms with Gasteiger partial charge in [0.1, 0.15) is 5.52 Å². The number of thiazole rings is 1. The van der Waals surface area contributed by atoms with Crippen LogP contribution in [0.2, 0.25) is 0 Å². The van der Waals surface area contributed by atoms with Gasteiger partial charge in [-0.2, -0.15) is 0 Å². The standard InChI is InChI=1S/C12H12F2N4OS/c13-10(14)4-16-11(19)7-5-18(6-7)12-17-8-3-15-2-1-9(8)20-12/h1-3,7,10H,4-6H2,(H,16,19). The highest BCUT2D eigenvalue weighted by Gasteiger charge is 2.34. The van der Waals surface area contributed by atoms with Crippen LogP contribution in [0.3, 0.4) is 0 Å². The van der Waals surface area contributed by atoms with Gasteiger partial charge in [-0.1, -0.05) is 11.3 Å². The van der Waals surface area contributed by atoms with Crippen LogP contribution in [0, 0.1) is 5.92 Å². The molecule has 0 aromatic carbocycles. The molecule has 0 saturated carbocycles. The first-order valence-electron chi connectivity index (χ1n) is 6.15. The second-order valence-electron chi connectivity index (χ2n) is 4.58. The molecule has 1 saturated heterocycles. The maximum absolute atomic E-state index is 12.0. The van der Waals surface area contributed by atoms with Crippen LogP contribution in [-0.4, -0.2) is 41.9 Å². The molecule has 0 unspecified atom stereocenters. The van der Waals surface area contributed by atoms with Crippen LogP contribution < -0.4 is 10.2 Å². The lowest BCUT2D eigenvalue weighted by atomic mass is 10.0. The van der Waals surface area contributed by atoms with Gasteiger partial charge in [0.15, 0.2) is 5.13 Å². The number of carbonyl (C=O) groups is 1. The lowest BCUT2D eigenvalue weighted by molar-refractivity contribution is -0.126. The van der Waals surface area contributed by atoms with Crippen molar-refractivity contribution in [1.82, 2.24) is 15.3 Å². The van der Waals surface area contributed by atoms with E-state index in [-0.39, 0.29) is 11.8 Å². The van der Waals surface area contributed by atoms with Crippen molar-refractivity contribution in [3.8, 4) is 0 Å². The smallest absolute Gasteiger partial charge is 0.255 e. The van der Waals surface area contributed by atoms with Gasteiger partial charge in [-0.3, -0.25) is 9.78 Å². The topological polar surface area (TPSA) is 58.1 Å². The average Bonchev–Trinajstić information content (AvgIpc) is 2.77. The Morgan fingerprint density at radius 2 is 2.35 bits per heavy atom. The molecule has 2 aromatic heterocycles. The summed E-state index contributed by atoms with van der Waals surface area (Å²) in [5.74, 6) is -0.553. The van der Waals surface area contributed by atoms with E-state index in [2.05, 4.69) is 15.3 Å². The summed E-state index contributed by atoms with van der Waals surface area (Å²) in [4.78, 5) is 22.0. The maximum Gasteiger partial charge on any atom is 0.255 e. The van der Waals surface area contributed by atoms with E-state index in [4.69, 9.17) is 0 Å². The Kier molecular flexibility index (Phi) is 3.47. The number of nitrogens with zero attached hydrogens (tertiary/aromatic N) is 3. The zero-order valence-electron chi connectivity index (χ0n) is 10.4. The number of hydrogen-bond donors (Lipinski definition) is 1. The van der Waals surface area contributed by atoms with Crippen LogP contribution >= 0.6 is 11.3 Å². The number of amides is 1. The summed E-state index contributed by atoms with van der Waals surface area (Å²) in [6.07, 6.45) is 0.898. The summed E-state index contributed by atoms with van der Waals surface area (Å²) in [6.45, 7) is 0.451. The fourth-order valence-corrected chi connectivity index (χ4v) is 2.98. The molecule has 1 aliphatic heterocycles. The molecule has 1 amide bonds. The van der Waals surface area contributed by atoms with E-state index >= 15 is 0 Å². The lowest BCUT2D eigenvalue weighted by Crippen LogP contribution is -2.54. The van der Waals surface area contributed by atoms with Gasteiger partial charge in [0.05, 0.1) is 23.4 Å². The summed E-state index contributed by atoms with van der Waals surface area (Å²) >= 11 is 1.54. The predicted octanol–water partition coefficient (Wildman–Crippen LogP) is 1.51. The fourth-order valence-electron chi connectivity index (χ4n) is 2.03. The molecule has 8 heteroatoms. The van der Waals surface area contributed by atoms with Gasteiger partial charge in [0.25, 0.3) is 6.43 Å². The highest BCUT2D eigenvalue weighted by atomic mass is 32.1. The molecule has 5 nitrogen and oxygen atoms in total. The minimum absolute atomic E-state index is 0.237. The van der Waals surface area contributed by atoms with E-state index in [0.29, 0.717) is 13.1 Å². The van der Waals surface area contributed by atoms with E-state index in [9.17, 15) is 13.6 Å². The average molecular weight is 298 g/mol. The highest BCUT2D eigenvalue weighted by molar-refractivity contribution is 7.22. The van der Waals surface area contributed by atoms with Gasteiger partial charge in [0, 0.05) is 19.3 Å². The number of hydrogen-bond acceptors (Lipinski definition) is 5. The summed E-state index contributed by atoms with van der Waals surface area (Å²) in [6, 6.07) is 1.89. The van der Waals surface area contributed by atoms with Gasteiger partial charge in [0.2, 0.25) is 5.91 Å². The Bertz CT molecular complexity index is 594. The Balaban J connectivity index is 1.58. The van der Waals surface area contributed by atoms with Crippen molar-refractivity contribution >= 4 is 32.6 Å². The van der Waals surface area contributed by atoms with Crippen LogP contribution in [0.1, 0.15) is 0 Å². The van der Waals surface area contributed by atoms with Gasteiger partial charge < -0.3 is 10.2 Å². The first kappa shape index (κ1) is 13.2. The fraction of sp³-hybridized carbons (Fsp3) is 0.417. The number of carbonyl (C=O) groups excluding carboxylic acids is 1. The lowest BCUT2D eigenvalue weighted by Gasteiger charge is -2.37. The molecule has 1 fully saturated rings. The molecule has 3 rings (SSSR count). The maximum atomic E-state index is 12.0.